The van der Waals surface area contributed by atoms with Crippen molar-refractivity contribution >= 4 is 27.3 Å². The Bertz CT molecular complexity index is 309. The fourth-order valence-corrected chi connectivity index (χ4v) is 3.17. The Morgan fingerprint density at radius 3 is 2.38 bits per heavy atom. The van der Waals surface area contributed by atoms with Crippen molar-refractivity contribution < 1.29 is 0 Å². The van der Waals surface area contributed by atoms with Crippen molar-refractivity contribution in [2.45, 2.75) is 52.6 Å². The van der Waals surface area contributed by atoms with Crippen LogP contribution >= 0.6 is 27.3 Å². The summed E-state index contributed by atoms with van der Waals surface area (Å²) in [6.45, 7) is 9.09. The molecular formula is C13H22BrNS. The van der Waals surface area contributed by atoms with E-state index >= 15 is 0 Å². The van der Waals surface area contributed by atoms with Gasteiger partial charge in [0.25, 0.3) is 0 Å². The fraction of sp³-hybridized carbons (Fsp3) is 0.692. The van der Waals surface area contributed by atoms with E-state index in [-0.39, 0.29) is 0 Å². The Morgan fingerprint density at radius 2 is 1.88 bits per heavy atom. The van der Waals surface area contributed by atoms with E-state index in [0.29, 0.717) is 12.1 Å². The zero-order valence-electron chi connectivity index (χ0n) is 10.6. The summed E-state index contributed by atoms with van der Waals surface area (Å²) < 4.78 is 1.21. The van der Waals surface area contributed by atoms with Gasteiger partial charge >= 0.3 is 0 Å². The summed E-state index contributed by atoms with van der Waals surface area (Å²) in [4.78, 5) is 1.41. The van der Waals surface area contributed by atoms with Crippen LogP contribution in [0.25, 0.3) is 0 Å². The molecule has 2 unspecified atom stereocenters. The zero-order chi connectivity index (χ0) is 12.1. The number of rotatable bonds is 6. The molecule has 0 aliphatic rings. The molecule has 0 fully saturated rings. The normalized spacial score (nSPS) is 15.4. The maximum absolute atomic E-state index is 3.65. The average Bonchev–Trinajstić information content (AvgIpc) is 2.62. The minimum atomic E-state index is 0.457. The molecule has 0 aliphatic heterocycles. The molecular weight excluding hydrogens is 282 g/mol. The first kappa shape index (κ1) is 14.2. The van der Waals surface area contributed by atoms with E-state index in [1.165, 1.54) is 21.5 Å². The molecule has 16 heavy (non-hydrogen) atoms. The van der Waals surface area contributed by atoms with Crippen molar-refractivity contribution in [1.82, 2.24) is 5.32 Å². The van der Waals surface area contributed by atoms with E-state index in [9.17, 15) is 0 Å². The Kier molecular flexibility index (Phi) is 6.01. The molecule has 0 saturated carbocycles. The van der Waals surface area contributed by atoms with Crippen LogP contribution in [0, 0.1) is 5.92 Å². The largest absolute Gasteiger partial charge is 0.307 e. The summed E-state index contributed by atoms with van der Waals surface area (Å²) in [6, 6.07) is 5.37. The highest BCUT2D eigenvalue weighted by Gasteiger charge is 2.11. The number of hydrogen-bond acceptors (Lipinski definition) is 2. The second-order valence-electron chi connectivity index (χ2n) is 4.90. The molecule has 0 saturated heterocycles. The maximum atomic E-state index is 3.65. The van der Waals surface area contributed by atoms with Crippen molar-refractivity contribution in [3.63, 3.8) is 0 Å². The van der Waals surface area contributed by atoms with Gasteiger partial charge < -0.3 is 5.32 Å². The van der Waals surface area contributed by atoms with Gasteiger partial charge in [-0.15, -0.1) is 11.3 Å². The average molecular weight is 304 g/mol. The molecule has 0 bridgehead atoms. The minimum absolute atomic E-state index is 0.457. The van der Waals surface area contributed by atoms with E-state index in [1.807, 2.05) is 11.3 Å². The number of halogens is 1. The third kappa shape index (κ3) is 4.98. The first-order valence-electron chi connectivity index (χ1n) is 6.00. The van der Waals surface area contributed by atoms with E-state index in [0.717, 1.165) is 5.92 Å². The Balaban J connectivity index is 2.36. The summed E-state index contributed by atoms with van der Waals surface area (Å²) in [5.41, 5.74) is 0. The van der Waals surface area contributed by atoms with Crippen LogP contribution < -0.4 is 5.32 Å². The number of hydrogen-bond donors (Lipinski definition) is 1. The molecule has 0 spiro atoms. The van der Waals surface area contributed by atoms with Gasteiger partial charge in [0.15, 0.2) is 0 Å². The lowest BCUT2D eigenvalue weighted by atomic mass is 10.0. The SMILES string of the molecule is CC(C)CCC(C)NC(C)c1ccc(Br)s1. The molecule has 1 heterocycles. The number of nitrogens with one attached hydrogen (secondary N) is 1. The predicted octanol–water partition coefficient (Wildman–Crippen LogP) is 4.99. The molecule has 0 aliphatic carbocycles. The lowest BCUT2D eigenvalue weighted by Gasteiger charge is -2.19. The fourth-order valence-electron chi connectivity index (χ4n) is 1.74. The van der Waals surface area contributed by atoms with Crippen LogP contribution in [-0.4, -0.2) is 6.04 Å². The highest BCUT2D eigenvalue weighted by Crippen LogP contribution is 2.27. The molecule has 0 amide bonds. The zero-order valence-corrected chi connectivity index (χ0v) is 13.0. The van der Waals surface area contributed by atoms with Crippen LogP contribution in [0.1, 0.15) is 51.5 Å². The van der Waals surface area contributed by atoms with Gasteiger partial charge in [0.1, 0.15) is 0 Å². The second-order valence-corrected chi connectivity index (χ2v) is 7.40. The van der Waals surface area contributed by atoms with Gasteiger partial charge in [-0.1, -0.05) is 13.8 Å². The van der Waals surface area contributed by atoms with Crippen LogP contribution in [0.3, 0.4) is 0 Å². The van der Waals surface area contributed by atoms with Crippen LogP contribution in [0.4, 0.5) is 0 Å². The van der Waals surface area contributed by atoms with Crippen LogP contribution in [0.15, 0.2) is 15.9 Å². The lowest BCUT2D eigenvalue weighted by Crippen LogP contribution is -2.28. The highest BCUT2D eigenvalue weighted by molar-refractivity contribution is 9.11. The summed E-state index contributed by atoms with van der Waals surface area (Å²) in [5.74, 6) is 0.801. The van der Waals surface area contributed by atoms with Gasteiger partial charge in [-0.05, 0) is 60.7 Å². The first-order chi connectivity index (χ1) is 7.49. The van der Waals surface area contributed by atoms with Gasteiger partial charge in [-0.25, -0.2) is 0 Å². The third-order valence-corrected chi connectivity index (χ3v) is 4.54. The summed E-state index contributed by atoms with van der Waals surface area (Å²) in [5, 5.41) is 3.65. The van der Waals surface area contributed by atoms with Gasteiger partial charge in [0.2, 0.25) is 0 Å². The molecule has 1 aromatic heterocycles. The maximum Gasteiger partial charge on any atom is 0.0701 e. The molecule has 1 rings (SSSR count). The topological polar surface area (TPSA) is 12.0 Å². The number of thiophene rings is 1. The molecule has 3 heteroatoms. The second kappa shape index (κ2) is 6.77. The van der Waals surface area contributed by atoms with Crippen molar-refractivity contribution in [2.24, 2.45) is 5.92 Å². The van der Waals surface area contributed by atoms with Crippen LogP contribution in [0.5, 0.6) is 0 Å². The smallest absolute Gasteiger partial charge is 0.0701 e. The van der Waals surface area contributed by atoms with Crippen molar-refractivity contribution in [3.05, 3.63) is 20.8 Å². The molecule has 0 radical (unpaired) electrons. The molecule has 1 N–H and O–H groups in total. The third-order valence-electron chi connectivity index (χ3n) is 2.73. The van der Waals surface area contributed by atoms with Crippen molar-refractivity contribution in [2.75, 3.05) is 0 Å². The predicted molar refractivity (Wildman–Crippen MR) is 77.1 cm³/mol. The van der Waals surface area contributed by atoms with E-state index in [1.54, 1.807) is 0 Å². The highest BCUT2D eigenvalue weighted by atomic mass is 79.9. The Morgan fingerprint density at radius 1 is 1.19 bits per heavy atom. The molecule has 2 atom stereocenters. The molecule has 1 aromatic rings. The van der Waals surface area contributed by atoms with Crippen molar-refractivity contribution in [3.8, 4) is 0 Å². The standard InChI is InChI=1S/C13H22BrNS/c1-9(2)5-6-10(3)15-11(4)12-7-8-13(14)16-12/h7-11,15H,5-6H2,1-4H3. The molecule has 92 valence electrons. The van der Waals surface area contributed by atoms with Gasteiger partial charge in [-0.3, -0.25) is 0 Å². The molecule has 1 nitrogen and oxygen atoms in total. The van der Waals surface area contributed by atoms with Crippen LogP contribution in [0.2, 0.25) is 0 Å². The quantitative estimate of drug-likeness (QED) is 0.781. The van der Waals surface area contributed by atoms with Gasteiger partial charge in [0.05, 0.1) is 3.79 Å². The van der Waals surface area contributed by atoms with E-state index in [4.69, 9.17) is 0 Å². The monoisotopic (exact) mass is 303 g/mol. The summed E-state index contributed by atoms with van der Waals surface area (Å²) in [7, 11) is 0. The van der Waals surface area contributed by atoms with Gasteiger partial charge in [0, 0.05) is 17.0 Å². The minimum Gasteiger partial charge on any atom is -0.307 e. The first-order valence-corrected chi connectivity index (χ1v) is 7.61. The van der Waals surface area contributed by atoms with E-state index in [2.05, 4.69) is 61.1 Å². The summed E-state index contributed by atoms with van der Waals surface area (Å²) >= 11 is 5.32. The van der Waals surface area contributed by atoms with Crippen molar-refractivity contribution in [1.29, 1.82) is 0 Å². The Hall–Kier alpha value is 0.140. The van der Waals surface area contributed by atoms with E-state index < -0.39 is 0 Å². The lowest BCUT2D eigenvalue weighted by molar-refractivity contribution is 0.419. The molecule has 0 aromatic carbocycles. The van der Waals surface area contributed by atoms with Crippen LogP contribution in [-0.2, 0) is 0 Å². The van der Waals surface area contributed by atoms with Gasteiger partial charge in [-0.2, -0.15) is 0 Å². The summed E-state index contributed by atoms with van der Waals surface area (Å²) in [6.07, 6.45) is 2.56. The Labute approximate surface area is 112 Å².